The van der Waals surface area contributed by atoms with E-state index < -0.39 is 0 Å². The lowest BCUT2D eigenvalue weighted by atomic mass is 9.74. The molecule has 0 aromatic rings. The first kappa shape index (κ1) is 13.9. The number of hydrogen-bond donors (Lipinski definition) is 1. The Morgan fingerprint density at radius 1 is 1.25 bits per heavy atom. The Kier molecular flexibility index (Phi) is 5.73. The lowest BCUT2D eigenvalue weighted by Crippen LogP contribution is -2.45. The average Bonchev–Trinajstić information content (AvgIpc) is 2.30. The Balaban J connectivity index is 2.38. The number of rotatable bonds is 6. The van der Waals surface area contributed by atoms with Crippen molar-refractivity contribution < 1.29 is 9.47 Å². The molecule has 0 aromatic carbocycles. The van der Waals surface area contributed by atoms with Crippen LogP contribution in [-0.4, -0.2) is 32.5 Å². The van der Waals surface area contributed by atoms with Crippen LogP contribution in [0.5, 0.6) is 0 Å². The van der Waals surface area contributed by atoms with Crippen LogP contribution in [-0.2, 0) is 9.47 Å². The molecular weight excluding hydrogens is 202 g/mol. The fourth-order valence-electron chi connectivity index (χ4n) is 2.58. The van der Waals surface area contributed by atoms with Gasteiger partial charge < -0.3 is 15.2 Å². The van der Waals surface area contributed by atoms with Crippen LogP contribution < -0.4 is 5.73 Å². The van der Waals surface area contributed by atoms with Gasteiger partial charge in [0, 0.05) is 13.7 Å². The molecule has 0 heterocycles. The van der Waals surface area contributed by atoms with E-state index in [1.165, 1.54) is 12.8 Å². The van der Waals surface area contributed by atoms with Crippen molar-refractivity contribution in [3.8, 4) is 0 Å². The van der Waals surface area contributed by atoms with E-state index in [2.05, 4.69) is 13.8 Å². The highest BCUT2D eigenvalue weighted by Gasteiger charge is 2.35. The fourth-order valence-corrected chi connectivity index (χ4v) is 2.58. The number of nitrogens with two attached hydrogens (primary N) is 1. The van der Waals surface area contributed by atoms with Gasteiger partial charge in [-0.15, -0.1) is 0 Å². The Morgan fingerprint density at radius 3 is 2.31 bits per heavy atom. The lowest BCUT2D eigenvalue weighted by Gasteiger charge is -2.40. The molecule has 0 unspecified atom stereocenters. The van der Waals surface area contributed by atoms with E-state index in [1.54, 1.807) is 7.11 Å². The maximum Gasteiger partial charge on any atom is 0.0805 e. The van der Waals surface area contributed by atoms with E-state index >= 15 is 0 Å². The van der Waals surface area contributed by atoms with Crippen molar-refractivity contribution in [1.82, 2.24) is 0 Å². The van der Waals surface area contributed by atoms with E-state index in [0.29, 0.717) is 19.8 Å². The topological polar surface area (TPSA) is 44.5 Å². The van der Waals surface area contributed by atoms with Crippen LogP contribution in [0.15, 0.2) is 0 Å². The van der Waals surface area contributed by atoms with Crippen LogP contribution in [0, 0.1) is 11.8 Å². The SMILES string of the molecule is COCCOC1(CN)CCC(C(C)C)CC1. The van der Waals surface area contributed by atoms with E-state index in [0.717, 1.165) is 24.7 Å². The van der Waals surface area contributed by atoms with Crippen molar-refractivity contribution in [3.63, 3.8) is 0 Å². The maximum absolute atomic E-state index is 5.94. The van der Waals surface area contributed by atoms with Gasteiger partial charge in [0.25, 0.3) is 0 Å². The zero-order chi connectivity index (χ0) is 12.0. The Bertz CT molecular complexity index is 186. The first-order valence-electron chi connectivity index (χ1n) is 6.46. The second kappa shape index (κ2) is 6.58. The molecule has 0 radical (unpaired) electrons. The second-order valence-corrected chi connectivity index (χ2v) is 5.31. The van der Waals surface area contributed by atoms with Crippen molar-refractivity contribution in [1.29, 1.82) is 0 Å². The van der Waals surface area contributed by atoms with Gasteiger partial charge in [-0.05, 0) is 37.5 Å². The third kappa shape index (κ3) is 3.72. The largest absolute Gasteiger partial charge is 0.382 e. The van der Waals surface area contributed by atoms with Gasteiger partial charge in [0.15, 0.2) is 0 Å². The molecule has 0 bridgehead atoms. The summed E-state index contributed by atoms with van der Waals surface area (Å²) >= 11 is 0. The molecule has 2 N–H and O–H groups in total. The molecule has 0 aliphatic heterocycles. The predicted octanol–water partition coefficient (Wildman–Crippen LogP) is 2.19. The molecule has 3 heteroatoms. The number of hydrogen-bond acceptors (Lipinski definition) is 3. The van der Waals surface area contributed by atoms with Gasteiger partial charge in [0.05, 0.1) is 18.8 Å². The third-order valence-corrected chi connectivity index (χ3v) is 3.95. The van der Waals surface area contributed by atoms with E-state index in [9.17, 15) is 0 Å². The van der Waals surface area contributed by atoms with Crippen molar-refractivity contribution >= 4 is 0 Å². The summed E-state index contributed by atoms with van der Waals surface area (Å²) in [7, 11) is 1.70. The van der Waals surface area contributed by atoms with Gasteiger partial charge in [-0.25, -0.2) is 0 Å². The predicted molar refractivity (Wildman–Crippen MR) is 66.4 cm³/mol. The zero-order valence-corrected chi connectivity index (χ0v) is 11.0. The molecule has 1 aliphatic carbocycles. The van der Waals surface area contributed by atoms with Crippen LogP contribution in [0.1, 0.15) is 39.5 Å². The lowest BCUT2D eigenvalue weighted by molar-refractivity contribution is -0.0872. The van der Waals surface area contributed by atoms with Crippen LogP contribution in [0.4, 0.5) is 0 Å². The van der Waals surface area contributed by atoms with E-state index in [-0.39, 0.29) is 5.60 Å². The molecule has 1 aliphatic rings. The summed E-state index contributed by atoms with van der Waals surface area (Å²) in [6, 6.07) is 0. The normalized spacial score (nSPS) is 30.9. The highest BCUT2D eigenvalue weighted by Crippen LogP contribution is 2.37. The molecule has 0 saturated heterocycles. The molecule has 0 aromatic heterocycles. The molecule has 1 fully saturated rings. The molecular formula is C13H27NO2. The summed E-state index contributed by atoms with van der Waals surface area (Å²) in [5, 5.41) is 0. The Hall–Kier alpha value is -0.120. The molecule has 16 heavy (non-hydrogen) atoms. The van der Waals surface area contributed by atoms with Crippen LogP contribution in [0.3, 0.4) is 0 Å². The minimum atomic E-state index is -0.0656. The van der Waals surface area contributed by atoms with E-state index in [4.69, 9.17) is 15.2 Å². The number of methoxy groups -OCH3 is 1. The van der Waals surface area contributed by atoms with Gasteiger partial charge in [-0.3, -0.25) is 0 Å². The van der Waals surface area contributed by atoms with Crippen molar-refractivity contribution in [3.05, 3.63) is 0 Å². The van der Waals surface area contributed by atoms with Crippen LogP contribution in [0.25, 0.3) is 0 Å². The maximum atomic E-state index is 5.94. The minimum Gasteiger partial charge on any atom is -0.382 e. The Morgan fingerprint density at radius 2 is 1.88 bits per heavy atom. The molecule has 0 spiro atoms. The van der Waals surface area contributed by atoms with Gasteiger partial charge in [-0.2, -0.15) is 0 Å². The summed E-state index contributed by atoms with van der Waals surface area (Å²) in [6.45, 7) is 6.59. The van der Waals surface area contributed by atoms with Crippen LogP contribution in [0.2, 0.25) is 0 Å². The second-order valence-electron chi connectivity index (χ2n) is 5.31. The molecule has 1 saturated carbocycles. The van der Waals surface area contributed by atoms with Crippen molar-refractivity contribution in [2.75, 3.05) is 26.9 Å². The first-order chi connectivity index (χ1) is 7.63. The van der Waals surface area contributed by atoms with Crippen molar-refractivity contribution in [2.24, 2.45) is 17.6 Å². The highest BCUT2D eigenvalue weighted by molar-refractivity contribution is 4.89. The van der Waals surface area contributed by atoms with Gasteiger partial charge in [-0.1, -0.05) is 13.8 Å². The highest BCUT2D eigenvalue weighted by atomic mass is 16.5. The standard InChI is InChI=1S/C13H27NO2/c1-11(2)12-4-6-13(10-14,7-5-12)16-9-8-15-3/h11-12H,4-10,14H2,1-3H3. The molecule has 0 amide bonds. The average molecular weight is 229 g/mol. The fraction of sp³-hybridized carbons (Fsp3) is 1.00. The van der Waals surface area contributed by atoms with Crippen LogP contribution >= 0.6 is 0 Å². The third-order valence-electron chi connectivity index (χ3n) is 3.95. The number of ether oxygens (including phenoxy) is 2. The van der Waals surface area contributed by atoms with Crippen molar-refractivity contribution in [2.45, 2.75) is 45.1 Å². The molecule has 1 rings (SSSR count). The van der Waals surface area contributed by atoms with Gasteiger partial charge >= 0.3 is 0 Å². The summed E-state index contributed by atoms with van der Waals surface area (Å²) in [5.74, 6) is 1.64. The quantitative estimate of drug-likeness (QED) is 0.710. The summed E-state index contributed by atoms with van der Waals surface area (Å²) in [6.07, 6.45) is 4.72. The molecule has 3 nitrogen and oxygen atoms in total. The van der Waals surface area contributed by atoms with E-state index in [1.807, 2.05) is 0 Å². The summed E-state index contributed by atoms with van der Waals surface area (Å²) in [5.41, 5.74) is 5.81. The minimum absolute atomic E-state index is 0.0656. The monoisotopic (exact) mass is 229 g/mol. The summed E-state index contributed by atoms with van der Waals surface area (Å²) in [4.78, 5) is 0. The molecule has 0 atom stereocenters. The zero-order valence-electron chi connectivity index (χ0n) is 11.0. The summed E-state index contributed by atoms with van der Waals surface area (Å²) < 4.78 is 11.0. The van der Waals surface area contributed by atoms with Gasteiger partial charge in [0.1, 0.15) is 0 Å². The smallest absolute Gasteiger partial charge is 0.0805 e. The first-order valence-corrected chi connectivity index (χ1v) is 6.46. The Labute approximate surface area is 99.7 Å². The van der Waals surface area contributed by atoms with Gasteiger partial charge in [0.2, 0.25) is 0 Å². The molecule has 96 valence electrons.